The predicted molar refractivity (Wildman–Crippen MR) is 94.5 cm³/mol. The van der Waals surface area contributed by atoms with Crippen LogP contribution in [0.4, 0.5) is 0 Å². The van der Waals surface area contributed by atoms with Gasteiger partial charge in [-0.1, -0.05) is 86.0 Å². The summed E-state index contributed by atoms with van der Waals surface area (Å²) in [5.74, 6) is 1.40. The van der Waals surface area contributed by atoms with E-state index in [1.165, 1.54) is 51.4 Å². The van der Waals surface area contributed by atoms with E-state index < -0.39 is 7.14 Å². The Morgan fingerprint density at radius 3 is 1.40 bits per heavy atom. The zero-order valence-electron chi connectivity index (χ0n) is 14.8. The second-order valence-corrected chi connectivity index (χ2v) is 10.1. The lowest BCUT2D eigenvalue weighted by molar-refractivity contribution is 0.463. The van der Waals surface area contributed by atoms with E-state index in [0.29, 0.717) is 11.8 Å². The summed E-state index contributed by atoms with van der Waals surface area (Å²) in [6, 6.07) is 0. The number of unbranched alkanes of at least 4 members (excludes halogenated alkanes) is 2. The molecule has 2 heteroatoms. The molecule has 0 saturated carbocycles. The fourth-order valence-electron chi connectivity index (χ4n) is 3.11. The SMILES string of the molecule is CCCCC(CC)CP(=O)(CC)CC(CC)CCCC. The van der Waals surface area contributed by atoms with Crippen LogP contribution in [-0.4, -0.2) is 18.5 Å². The van der Waals surface area contributed by atoms with Crippen LogP contribution in [0.3, 0.4) is 0 Å². The lowest BCUT2D eigenvalue weighted by Gasteiger charge is -2.26. The van der Waals surface area contributed by atoms with Gasteiger partial charge in [0.05, 0.1) is 7.14 Å². The van der Waals surface area contributed by atoms with Crippen LogP contribution in [0.15, 0.2) is 0 Å². The Bertz CT molecular complexity index is 240. The number of rotatable bonds is 13. The van der Waals surface area contributed by atoms with Gasteiger partial charge >= 0.3 is 0 Å². The van der Waals surface area contributed by atoms with Crippen LogP contribution < -0.4 is 0 Å². The summed E-state index contributed by atoms with van der Waals surface area (Å²) in [4.78, 5) is 0. The first-order chi connectivity index (χ1) is 9.55. The third-order valence-corrected chi connectivity index (χ3v) is 8.36. The molecule has 0 rings (SSSR count). The summed E-state index contributed by atoms with van der Waals surface area (Å²) in [5, 5.41) is 0. The monoisotopic (exact) mass is 302 g/mol. The van der Waals surface area contributed by atoms with Crippen LogP contribution in [0.2, 0.25) is 0 Å². The molecule has 0 heterocycles. The second-order valence-electron chi connectivity index (χ2n) is 6.57. The van der Waals surface area contributed by atoms with E-state index >= 15 is 0 Å². The van der Waals surface area contributed by atoms with Crippen LogP contribution in [0.5, 0.6) is 0 Å². The predicted octanol–water partition coefficient (Wildman–Crippen LogP) is 6.80. The summed E-state index contributed by atoms with van der Waals surface area (Å²) >= 11 is 0. The van der Waals surface area contributed by atoms with E-state index in [1.54, 1.807) is 0 Å². The standard InChI is InChI=1S/C18H39OP/c1-6-11-13-17(8-3)15-20(19,10-5)16-18(9-4)14-12-7-2/h17-18H,6-16H2,1-5H3. The fraction of sp³-hybridized carbons (Fsp3) is 1.00. The Hall–Kier alpha value is 0.230. The highest BCUT2D eigenvalue weighted by atomic mass is 31.2. The van der Waals surface area contributed by atoms with Gasteiger partial charge in [-0.2, -0.15) is 0 Å². The van der Waals surface area contributed by atoms with Crippen LogP contribution in [0.25, 0.3) is 0 Å². The molecule has 0 fully saturated rings. The molecule has 0 aliphatic rings. The highest BCUT2D eigenvalue weighted by Crippen LogP contribution is 2.50. The normalized spacial score (nSPS) is 17.6. The molecule has 20 heavy (non-hydrogen) atoms. The molecular weight excluding hydrogens is 263 g/mol. The minimum atomic E-state index is -1.93. The van der Waals surface area contributed by atoms with Crippen LogP contribution >= 0.6 is 7.14 Å². The van der Waals surface area contributed by atoms with Gasteiger partial charge in [0.15, 0.2) is 0 Å². The molecular formula is C18H39OP. The lowest BCUT2D eigenvalue weighted by Crippen LogP contribution is -2.14. The topological polar surface area (TPSA) is 17.1 Å². The first kappa shape index (κ1) is 20.2. The van der Waals surface area contributed by atoms with Crippen molar-refractivity contribution in [1.29, 1.82) is 0 Å². The average Bonchev–Trinajstić information content (AvgIpc) is 2.47. The van der Waals surface area contributed by atoms with Gasteiger partial charge in [0.1, 0.15) is 0 Å². The van der Waals surface area contributed by atoms with E-state index in [-0.39, 0.29) is 0 Å². The van der Waals surface area contributed by atoms with E-state index in [2.05, 4.69) is 34.6 Å². The Kier molecular flexibility index (Phi) is 12.0. The van der Waals surface area contributed by atoms with E-state index in [9.17, 15) is 4.57 Å². The summed E-state index contributed by atoms with van der Waals surface area (Å²) in [6.07, 6.45) is 13.0. The average molecular weight is 302 g/mol. The molecule has 0 spiro atoms. The van der Waals surface area contributed by atoms with Gasteiger partial charge < -0.3 is 4.57 Å². The van der Waals surface area contributed by atoms with Crippen molar-refractivity contribution in [2.24, 2.45) is 11.8 Å². The smallest absolute Gasteiger partial charge is 0.0880 e. The molecule has 0 radical (unpaired) electrons. The molecule has 1 nitrogen and oxygen atoms in total. The molecule has 0 saturated heterocycles. The van der Waals surface area contributed by atoms with Crippen molar-refractivity contribution in [2.45, 2.75) is 86.0 Å². The highest BCUT2D eigenvalue weighted by Gasteiger charge is 2.26. The maximum atomic E-state index is 13.2. The zero-order valence-corrected chi connectivity index (χ0v) is 15.7. The number of hydrogen-bond acceptors (Lipinski definition) is 1. The van der Waals surface area contributed by atoms with E-state index in [1.807, 2.05) is 0 Å². The van der Waals surface area contributed by atoms with Gasteiger partial charge in [-0.25, -0.2) is 0 Å². The second kappa shape index (κ2) is 11.8. The van der Waals surface area contributed by atoms with Gasteiger partial charge in [-0.15, -0.1) is 0 Å². The third kappa shape index (κ3) is 8.50. The molecule has 0 bridgehead atoms. The van der Waals surface area contributed by atoms with Gasteiger partial charge in [0.25, 0.3) is 0 Å². The molecule has 0 aliphatic carbocycles. The van der Waals surface area contributed by atoms with Gasteiger partial charge in [0, 0.05) is 12.3 Å². The molecule has 0 amide bonds. The van der Waals surface area contributed by atoms with Gasteiger partial charge in [-0.3, -0.25) is 0 Å². The third-order valence-electron chi connectivity index (χ3n) is 4.84. The molecule has 0 aromatic heterocycles. The van der Waals surface area contributed by atoms with Gasteiger partial charge in [-0.05, 0) is 18.0 Å². The van der Waals surface area contributed by atoms with E-state index in [0.717, 1.165) is 18.5 Å². The minimum absolute atomic E-state index is 0.699. The van der Waals surface area contributed by atoms with E-state index in [4.69, 9.17) is 0 Å². The van der Waals surface area contributed by atoms with Crippen molar-refractivity contribution in [3.8, 4) is 0 Å². The maximum Gasteiger partial charge on any atom is 0.0880 e. The van der Waals surface area contributed by atoms with Crippen molar-refractivity contribution in [3.05, 3.63) is 0 Å². The largest absolute Gasteiger partial charge is 0.324 e. The molecule has 2 atom stereocenters. The quantitative estimate of drug-likeness (QED) is 0.342. The number of hydrogen-bond donors (Lipinski definition) is 0. The van der Waals surface area contributed by atoms with Crippen molar-refractivity contribution in [2.75, 3.05) is 18.5 Å². The molecule has 0 aliphatic heterocycles. The summed E-state index contributed by atoms with van der Waals surface area (Å²) < 4.78 is 13.2. The fourth-order valence-corrected chi connectivity index (χ4v) is 6.54. The summed E-state index contributed by atoms with van der Waals surface area (Å²) in [5.41, 5.74) is 0. The van der Waals surface area contributed by atoms with Crippen molar-refractivity contribution >= 4 is 7.14 Å². The zero-order chi connectivity index (χ0) is 15.4. The molecule has 2 unspecified atom stereocenters. The Labute approximate surface area is 128 Å². The minimum Gasteiger partial charge on any atom is -0.324 e. The Balaban J connectivity index is 4.51. The highest BCUT2D eigenvalue weighted by molar-refractivity contribution is 7.63. The Morgan fingerprint density at radius 2 is 1.15 bits per heavy atom. The van der Waals surface area contributed by atoms with Gasteiger partial charge in [0.2, 0.25) is 0 Å². The molecule has 0 aromatic rings. The summed E-state index contributed by atoms with van der Waals surface area (Å²) in [7, 11) is -1.93. The van der Waals surface area contributed by atoms with Crippen molar-refractivity contribution in [3.63, 3.8) is 0 Å². The van der Waals surface area contributed by atoms with Crippen molar-refractivity contribution in [1.82, 2.24) is 0 Å². The van der Waals surface area contributed by atoms with Crippen LogP contribution in [-0.2, 0) is 4.57 Å². The molecule has 0 N–H and O–H groups in total. The molecule has 122 valence electrons. The van der Waals surface area contributed by atoms with Crippen LogP contribution in [0.1, 0.15) is 86.0 Å². The summed E-state index contributed by atoms with van der Waals surface area (Å²) in [6.45, 7) is 11.2. The maximum absolute atomic E-state index is 13.2. The molecule has 0 aromatic carbocycles. The first-order valence-corrected chi connectivity index (χ1v) is 11.4. The van der Waals surface area contributed by atoms with Crippen molar-refractivity contribution < 1.29 is 4.57 Å². The van der Waals surface area contributed by atoms with Crippen LogP contribution in [0, 0.1) is 11.8 Å². The first-order valence-electron chi connectivity index (χ1n) is 9.12. The lowest BCUT2D eigenvalue weighted by atomic mass is 10.0. The Morgan fingerprint density at radius 1 is 0.750 bits per heavy atom.